The Balaban J connectivity index is 2.06. The van der Waals surface area contributed by atoms with E-state index in [-0.39, 0.29) is 0 Å². The second kappa shape index (κ2) is 4.91. The quantitative estimate of drug-likeness (QED) is 0.840. The molecule has 2 nitrogen and oxygen atoms in total. The van der Waals surface area contributed by atoms with Crippen molar-refractivity contribution in [2.24, 2.45) is 11.3 Å². The molecule has 0 saturated heterocycles. The molecular weight excluding hydrogens is 220 g/mol. The van der Waals surface area contributed by atoms with Crippen LogP contribution in [0.1, 0.15) is 51.4 Å². The number of hydrogen-bond donors (Lipinski definition) is 1. The molecule has 2 atom stereocenters. The highest BCUT2D eigenvalue weighted by atomic mass is 14.9. The average molecular weight is 246 g/mol. The van der Waals surface area contributed by atoms with Gasteiger partial charge in [-0.2, -0.15) is 0 Å². The number of hydrogen-bond acceptors (Lipinski definition) is 2. The summed E-state index contributed by atoms with van der Waals surface area (Å²) in [4.78, 5) is 4.53. The van der Waals surface area contributed by atoms with Crippen LogP contribution in [0, 0.1) is 25.2 Å². The van der Waals surface area contributed by atoms with Crippen molar-refractivity contribution in [2.45, 2.75) is 59.9 Å². The number of aromatic nitrogens is 1. The molecule has 2 unspecified atom stereocenters. The van der Waals surface area contributed by atoms with Crippen LogP contribution in [0.15, 0.2) is 12.1 Å². The number of aryl methyl sites for hydroxylation is 2. The molecule has 0 bridgehead atoms. The highest BCUT2D eigenvalue weighted by Crippen LogP contribution is 2.39. The first kappa shape index (κ1) is 13.4. The Kier molecular flexibility index (Phi) is 3.65. The van der Waals surface area contributed by atoms with E-state index in [1.54, 1.807) is 0 Å². The highest BCUT2D eigenvalue weighted by molar-refractivity contribution is 5.48. The fourth-order valence-corrected chi connectivity index (χ4v) is 3.20. The first-order valence-corrected chi connectivity index (χ1v) is 7.08. The van der Waals surface area contributed by atoms with Crippen LogP contribution in [0.4, 0.5) is 5.69 Å². The molecule has 1 saturated carbocycles. The maximum Gasteiger partial charge on any atom is 0.0606 e. The Bertz CT molecular complexity index is 423. The van der Waals surface area contributed by atoms with Gasteiger partial charge in [-0.25, -0.2) is 0 Å². The molecule has 1 aromatic heterocycles. The standard InChI is InChI=1S/C16H26N2/c1-11-10-16(4,5)9-8-14(11)18-15-7-6-12(2)17-13(15)3/h6-7,11,14,18H,8-10H2,1-5H3. The predicted molar refractivity (Wildman–Crippen MR) is 77.9 cm³/mol. The number of nitrogens with one attached hydrogen (secondary N) is 1. The number of pyridine rings is 1. The van der Waals surface area contributed by atoms with E-state index in [4.69, 9.17) is 0 Å². The van der Waals surface area contributed by atoms with Crippen molar-refractivity contribution in [2.75, 3.05) is 5.32 Å². The van der Waals surface area contributed by atoms with Gasteiger partial charge in [0.1, 0.15) is 0 Å². The fourth-order valence-electron chi connectivity index (χ4n) is 3.20. The van der Waals surface area contributed by atoms with E-state index in [0.717, 1.165) is 17.3 Å². The highest BCUT2D eigenvalue weighted by Gasteiger charge is 2.32. The molecule has 0 aromatic carbocycles. The summed E-state index contributed by atoms with van der Waals surface area (Å²) in [7, 11) is 0. The van der Waals surface area contributed by atoms with Crippen LogP contribution in [0.25, 0.3) is 0 Å². The second-order valence-corrected chi connectivity index (χ2v) is 6.72. The van der Waals surface area contributed by atoms with Gasteiger partial charge < -0.3 is 5.32 Å². The van der Waals surface area contributed by atoms with E-state index in [1.807, 2.05) is 6.92 Å². The Hall–Kier alpha value is -1.05. The molecular formula is C16H26N2. The first-order chi connectivity index (χ1) is 8.37. The Morgan fingerprint density at radius 2 is 2.00 bits per heavy atom. The number of rotatable bonds is 2. The molecule has 2 rings (SSSR count). The van der Waals surface area contributed by atoms with Crippen LogP contribution >= 0.6 is 0 Å². The van der Waals surface area contributed by atoms with Gasteiger partial charge in [0, 0.05) is 11.7 Å². The lowest BCUT2D eigenvalue weighted by Crippen LogP contribution is -2.37. The Morgan fingerprint density at radius 3 is 2.61 bits per heavy atom. The minimum atomic E-state index is 0.512. The average Bonchev–Trinajstić information content (AvgIpc) is 2.24. The number of nitrogens with zero attached hydrogens (tertiary/aromatic N) is 1. The van der Waals surface area contributed by atoms with E-state index in [1.165, 1.54) is 24.9 Å². The van der Waals surface area contributed by atoms with Crippen LogP contribution < -0.4 is 5.32 Å². The van der Waals surface area contributed by atoms with E-state index < -0.39 is 0 Å². The van der Waals surface area contributed by atoms with Crippen molar-refractivity contribution in [1.82, 2.24) is 4.98 Å². The lowest BCUT2D eigenvalue weighted by molar-refractivity contribution is 0.177. The topological polar surface area (TPSA) is 24.9 Å². The SMILES string of the molecule is Cc1ccc(NC2CCC(C)(C)CC2C)c(C)n1. The van der Waals surface area contributed by atoms with Gasteiger partial charge >= 0.3 is 0 Å². The van der Waals surface area contributed by atoms with Crippen molar-refractivity contribution < 1.29 is 0 Å². The zero-order valence-electron chi connectivity index (χ0n) is 12.4. The molecule has 1 aliphatic carbocycles. The summed E-state index contributed by atoms with van der Waals surface area (Å²) in [6, 6.07) is 4.86. The minimum Gasteiger partial charge on any atom is -0.381 e. The maximum absolute atomic E-state index is 4.53. The zero-order chi connectivity index (χ0) is 13.3. The van der Waals surface area contributed by atoms with Crippen molar-refractivity contribution in [1.29, 1.82) is 0 Å². The fraction of sp³-hybridized carbons (Fsp3) is 0.688. The van der Waals surface area contributed by atoms with E-state index in [0.29, 0.717) is 11.5 Å². The van der Waals surface area contributed by atoms with Gasteiger partial charge in [0.25, 0.3) is 0 Å². The first-order valence-electron chi connectivity index (χ1n) is 7.08. The monoisotopic (exact) mass is 246 g/mol. The lowest BCUT2D eigenvalue weighted by atomic mass is 9.70. The zero-order valence-corrected chi connectivity index (χ0v) is 12.4. The van der Waals surface area contributed by atoms with E-state index in [2.05, 4.69) is 50.1 Å². The van der Waals surface area contributed by atoms with Gasteiger partial charge in [-0.15, -0.1) is 0 Å². The smallest absolute Gasteiger partial charge is 0.0606 e. The molecule has 1 N–H and O–H groups in total. The Morgan fingerprint density at radius 1 is 1.28 bits per heavy atom. The molecule has 1 heterocycles. The molecule has 1 aliphatic rings. The molecule has 0 amide bonds. The van der Waals surface area contributed by atoms with Gasteiger partial charge in [-0.3, -0.25) is 4.98 Å². The molecule has 0 radical (unpaired) electrons. The molecule has 100 valence electrons. The lowest BCUT2D eigenvalue weighted by Gasteiger charge is -2.40. The summed E-state index contributed by atoms with van der Waals surface area (Å²) in [5.74, 6) is 0.731. The van der Waals surface area contributed by atoms with Gasteiger partial charge in [0.15, 0.2) is 0 Å². The summed E-state index contributed by atoms with van der Waals surface area (Å²) in [6.45, 7) is 11.3. The van der Waals surface area contributed by atoms with Crippen LogP contribution in [0.3, 0.4) is 0 Å². The maximum atomic E-state index is 4.53. The Labute approximate surface area is 111 Å². The van der Waals surface area contributed by atoms with E-state index >= 15 is 0 Å². The van der Waals surface area contributed by atoms with E-state index in [9.17, 15) is 0 Å². The molecule has 2 heteroatoms. The summed E-state index contributed by atoms with van der Waals surface area (Å²) >= 11 is 0. The van der Waals surface area contributed by atoms with Crippen LogP contribution in [-0.2, 0) is 0 Å². The summed E-state index contributed by atoms with van der Waals surface area (Å²) < 4.78 is 0. The summed E-state index contributed by atoms with van der Waals surface area (Å²) in [5.41, 5.74) is 3.93. The summed E-state index contributed by atoms with van der Waals surface area (Å²) in [5, 5.41) is 3.70. The van der Waals surface area contributed by atoms with Crippen LogP contribution in [0.2, 0.25) is 0 Å². The van der Waals surface area contributed by atoms with Crippen LogP contribution in [-0.4, -0.2) is 11.0 Å². The summed E-state index contributed by atoms with van der Waals surface area (Å²) in [6.07, 6.45) is 3.89. The van der Waals surface area contributed by atoms with Crippen LogP contribution in [0.5, 0.6) is 0 Å². The third-order valence-electron chi connectivity index (χ3n) is 4.26. The number of anilines is 1. The van der Waals surface area contributed by atoms with Crippen molar-refractivity contribution in [3.63, 3.8) is 0 Å². The minimum absolute atomic E-state index is 0.512. The second-order valence-electron chi connectivity index (χ2n) is 6.72. The third-order valence-corrected chi connectivity index (χ3v) is 4.26. The van der Waals surface area contributed by atoms with Gasteiger partial charge in [0.05, 0.1) is 11.4 Å². The molecule has 0 spiro atoms. The molecule has 0 aliphatic heterocycles. The van der Waals surface area contributed by atoms with Gasteiger partial charge in [-0.1, -0.05) is 20.8 Å². The molecule has 18 heavy (non-hydrogen) atoms. The van der Waals surface area contributed by atoms with Gasteiger partial charge in [0.2, 0.25) is 0 Å². The molecule has 1 fully saturated rings. The normalized spacial score (nSPS) is 26.9. The van der Waals surface area contributed by atoms with Gasteiger partial charge in [-0.05, 0) is 56.6 Å². The van der Waals surface area contributed by atoms with Crippen molar-refractivity contribution in [3.05, 3.63) is 23.5 Å². The van der Waals surface area contributed by atoms with Crippen molar-refractivity contribution in [3.8, 4) is 0 Å². The predicted octanol–water partition coefficient (Wildman–Crippen LogP) is 4.33. The van der Waals surface area contributed by atoms with Crippen molar-refractivity contribution >= 4 is 5.69 Å². The largest absolute Gasteiger partial charge is 0.381 e. The molecule has 1 aromatic rings. The third kappa shape index (κ3) is 3.04.